The standard InChI is InChI=1S/C17H27N/c1-4-10-18-13-17(11-15(12-17)14(2)3)16-8-6-5-7-9-16/h5-9,14-15,18H,4,10-13H2,1-3H3. The number of hydrogen-bond donors (Lipinski definition) is 1. The van der Waals surface area contributed by atoms with E-state index in [1.165, 1.54) is 24.8 Å². The highest BCUT2D eigenvalue weighted by Gasteiger charge is 2.45. The van der Waals surface area contributed by atoms with Crippen molar-refractivity contribution in [1.29, 1.82) is 0 Å². The Morgan fingerprint density at radius 2 is 1.89 bits per heavy atom. The Hall–Kier alpha value is -0.820. The quantitative estimate of drug-likeness (QED) is 0.747. The predicted molar refractivity (Wildman–Crippen MR) is 78.8 cm³/mol. The van der Waals surface area contributed by atoms with Crippen LogP contribution in [0.1, 0.15) is 45.6 Å². The third-order valence-corrected chi connectivity index (χ3v) is 4.52. The highest BCUT2D eigenvalue weighted by Crippen LogP contribution is 2.50. The van der Waals surface area contributed by atoms with Crippen LogP contribution in [-0.2, 0) is 5.41 Å². The van der Waals surface area contributed by atoms with Crippen LogP contribution in [0.4, 0.5) is 0 Å². The smallest absolute Gasteiger partial charge is 0.00832 e. The van der Waals surface area contributed by atoms with Crippen LogP contribution in [0.5, 0.6) is 0 Å². The minimum absolute atomic E-state index is 0.408. The molecule has 0 unspecified atom stereocenters. The van der Waals surface area contributed by atoms with Crippen molar-refractivity contribution in [1.82, 2.24) is 5.32 Å². The zero-order chi connectivity index (χ0) is 13.0. The summed E-state index contributed by atoms with van der Waals surface area (Å²) in [4.78, 5) is 0. The Morgan fingerprint density at radius 3 is 2.44 bits per heavy atom. The molecular weight excluding hydrogens is 218 g/mol. The third kappa shape index (κ3) is 2.77. The van der Waals surface area contributed by atoms with Gasteiger partial charge in [-0.25, -0.2) is 0 Å². The van der Waals surface area contributed by atoms with Crippen LogP contribution in [-0.4, -0.2) is 13.1 Å². The van der Waals surface area contributed by atoms with Crippen LogP contribution < -0.4 is 5.32 Å². The molecule has 0 bridgehead atoms. The number of rotatable bonds is 6. The lowest BCUT2D eigenvalue weighted by Gasteiger charge is -2.50. The van der Waals surface area contributed by atoms with Gasteiger partial charge in [-0.2, -0.15) is 0 Å². The zero-order valence-corrected chi connectivity index (χ0v) is 12.1. The van der Waals surface area contributed by atoms with Crippen molar-refractivity contribution in [3.8, 4) is 0 Å². The molecule has 0 amide bonds. The molecule has 1 heteroatoms. The van der Waals surface area contributed by atoms with Crippen LogP contribution in [0.25, 0.3) is 0 Å². The van der Waals surface area contributed by atoms with E-state index in [2.05, 4.69) is 56.4 Å². The summed E-state index contributed by atoms with van der Waals surface area (Å²) in [6.45, 7) is 9.24. The molecule has 1 aromatic rings. The lowest BCUT2D eigenvalue weighted by atomic mass is 9.56. The van der Waals surface area contributed by atoms with Crippen molar-refractivity contribution < 1.29 is 0 Å². The first-order valence-electron chi connectivity index (χ1n) is 7.44. The van der Waals surface area contributed by atoms with Gasteiger partial charge in [-0.05, 0) is 43.2 Å². The summed E-state index contributed by atoms with van der Waals surface area (Å²) in [5.74, 6) is 1.74. The molecule has 1 aliphatic rings. The minimum Gasteiger partial charge on any atom is -0.316 e. The van der Waals surface area contributed by atoms with E-state index in [9.17, 15) is 0 Å². The van der Waals surface area contributed by atoms with Crippen molar-refractivity contribution in [2.45, 2.75) is 45.4 Å². The second-order valence-electron chi connectivity index (χ2n) is 6.24. The average molecular weight is 245 g/mol. The van der Waals surface area contributed by atoms with Crippen LogP contribution >= 0.6 is 0 Å². The van der Waals surface area contributed by atoms with Gasteiger partial charge >= 0.3 is 0 Å². The monoisotopic (exact) mass is 245 g/mol. The van der Waals surface area contributed by atoms with Gasteiger partial charge in [-0.15, -0.1) is 0 Å². The maximum absolute atomic E-state index is 3.64. The van der Waals surface area contributed by atoms with Gasteiger partial charge in [-0.1, -0.05) is 51.1 Å². The third-order valence-electron chi connectivity index (χ3n) is 4.52. The highest BCUT2D eigenvalue weighted by molar-refractivity contribution is 5.29. The second-order valence-corrected chi connectivity index (χ2v) is 6.24. The summed E-state index contributed by atoms with van der Waals surface area (Å²) >= 11 is 0. The molecule has 1 saturated carbocycles. The molecule has 1 aliphatic carbocycles. The maximum Gasteiger partial charge on any atom is 0.00832 e. The lowest BCUT2D eigenvalue weighted by molar-refractivity contribution is 0.0979. The summed E-state index contributed by atoms with van der Waals surface area (Å²) in [6, 6.07) is 11.1. The van der Waals surface area contributed by atoms with Crippen LogP contribution in [0, 0.1) is 11.8 Å². The van der Waals surface area contributed by atoms with E-state index in [1.807, 2.05) is 0 Å². The largest absolute Gasteiger partial charge is 0.316 e. The zero-order valence-electron chi connectivity index (χ0n) is 12.1. The Kier molecular flexibility index (Phi) is 4.45. The molecule has 1 fully saturated rings. The SMILES string of the molecule is CCCNCC1(c2ccccc2)CC(C(C)C)C1. The Balaban J connectivity index is 2.06. The molecule has 1 N–H and O–H groups in total. The van der Waals surface area contributed by atoms with Crippen LogP contribution in [0.3, 0.4) is 0 Å². The fourth-order valence-electron chi connectivity index (χ4n) is 3.19. The highest BCUT2D eigenvalue weighted by atomic mass is 14.9. The molecule has 1 aromatic carbocycles. The van der Waals surface area contributed by atoms with E-state index in [4.69, 9.17) is 0 Å². The average Bonchev–Trinajstić information content (AvgIpc) is 2.33. The molecule has 0 spiro atoms. The van der Waals surface area contributed by atoms with Crippen LogP contribution in [0.2, 0.25) is 0 Å². The van der Waals surface area contributed by atoms with Gasteiger partial charge in [0.1, 0.15) is 0 Å². The molecule has 100 valence electrons. The topological polar surface area (TPSA) is 12.0 Å². The predicted octanol–water partition coefficient (Wildman–Crippen LogP) is 3.99. The van der Waals surface area contributed by atoms with Crippen molar-refractivity contribution in [2.24, 2.45) is 11.8 Å². The molecule has 0 radical (unpaired) electrons. The molecule has 0 atom stereocenters. The van der Waals surface area contributed by atoms with Crippen molar-refractivity contribution in [3.63, 3.8) is 0 Å². The van der Waals surface area contributed by atoms with Gasteiger partial charge in [0.05, 0.1) is 0 Å². The number of benzene rings is 1. The van der Waals surface area contributed by atoms with E-state index in [1.54, 1.807) is 0 Å². The Morgan fingerprint density at radius 1 is 1.22 bits per heavy atom. The molecule has 0 aliphatic heterocycles. The Bertz CT molecular complexity index is 349. The van der Waals surface area contributed by atoms with E-state index in [0.29, 0.717) is 5.41 Å². The molecule has 2 rings (SSSR count). The summed E-state index contributed by atoms with van der Waals surface area (Å²) in [6.07, 6.45) is 3.93. The van der Waals surface area contributed by atoms with E-state index in [0.717, 1.165) is 24.9 Å². The molecule has 0 saturated heterocycles. The summed E-state index contributed by atoms with van der Waals surface area (Å²) in [5.41, 5.74) is 1.94. The summed E-state index contributed by atoms with van der Waals surface area (Å²) in [7, 11) is 0. The first-order chi connectivity index (χ1) is 8.68. The molecule has 0 aromatic heterocycles. The molecular formula is C17H27N. The molecule has 1 nitrogen and oxygen atoms in total. The first kappa shape index (κ1) is 13.6. The molecule has 18 heavy (non-hydrogen) atoms. The number of hydrogen-bond acceptors (Lipinski definition) is 1. The normalized spacial score (nSPS) is 27.2. The van der Waals surface area contributed by atoms with Crippen molar-refractivity contribution in [3.05, 3.63) is 35.9 Å². The van der Waals surface area contributed by atoms with Gasteiger partial charge in [0.2, 0.25) is 0 Å². The fraction of sp³-hybridized carbons (Fsp3) is 0.647. The fourth-order valence-corrected chi connectivity index (χ4v) is 3.19. The number of nitrogens with one attached hydrogen (secondary N) is 1. The summed E-state index contributed by atoms with van der Waals surface area (Å²) in [5, 5.41) is 3.64. The second kappa shape index (κ2) is 5.88. The lowest BCUT2D eigenvalue weighted by Crippen LogP contribution is -2.50. The van der Waals surface area contributed by atoms with E-state index in [-0.39, 0.29) is 0 Å². The first-order valence-corrected chi connectivity index (χ1v) is 7.44. The van der Waals surface area contributed by atoms with Gasteiger partial charge in [0, 0.05) is 12.0 Å². The minimum atomic E-state index is 0.408. The van der Waals surface area contributed by atoms with Gasteiger partial charge < -0.3 is 5.32 Å². The van der Waals surface area contributed by atoms with Gasteiger partial charge in [-0.3, -0.25) is 0 Å². The molecule has 0 heterocycles. The van der Waals surface area contributed by atoms with Crippen molar-refractivity contribution in [2.75, 3.05) is 13.1 Å². The Labute approximate surface area is 112 Å². The van der Waals surface area contributed by atoms with E-state index >= 15 is 0 Å². The van der Waals surface area contributed by atoms with Gasteiger partial charge in [0.25, 0.3) is 0 Å². The van der Waals surface area contributed by atoms with Gasteiger partial charge in [0.15, 0.2) is 0 Å². The van der Waals surface area contributed by atoms with Crippen LogP contribution in [0.15, 0.2) is 30.3 Å². The van der Waals surface area contributed by atoms with E-state index < -0.39 is 0 Å². The maximum atomic E-state index is 3.64. The summed E-state index contributed by atoms with van der Waals surface area (Å²) < 4.78 is 0. The van der Waals surface area contributed by atoms with Crippen molar-refractivity contribution >= 4 is 0 Å².